The normalized spacial score (nSPS) is 21.2. The van der Waals surface area contributed by atoms with E-state index in [9.17, 15) is 8.42 Å². The largest absolute Gasteiger partial charge is 0.380 e. The summed E-state index contributed by atoms with van der Waals surface area (Å²) in [5.74, 6) is -16.5. The summed E-state index contributed by atoms with van der Waals surface area (Å²) in [6.45, 7) is 2.35. The Morgan fingerprint density at radius 3 is 2.08 bits per heavy atom. The predicted molar refractivity (Wildman–Crippen MR) is 130 cm³/mol. The van der Waals surface area contributed by atoms with Gasteiger partial charge in [-0.25, -0.2) is 8.42 Å². The average molecular weight is 541 g/mol. The highest BCUT2D eigenvalue weighted by Crippen LogP contribution is 2.66. The summed E-state index contributed by atoms with van der Waals surface area (Å²) < 4.78 is 120. The lowest BCUT2D eigenvalue weighted by atomic mass is 9.89. The summed E-state index contributed by atoms with van der Waals surface area (Å²) in [6, 6.07) is 9.71. The van der Waals surface area contributed by atoms with Crippen LogP contribution in [0.15, 0.2) is 57.8 Å². The van der Waals surface area contributed by atoms with Crippen molar-refractivity contribution in [2.75, 3.05) is 19.0 Å². The molecule has 0 radical (unpaired) electrons. The average Bonchev–Trinajstić information content (AvgIpc) is 3.22. The quantitative estimate of drug-likeness (QED) is 0.359. The molecule has 1 aliphatic heterocycles. The van der Waals surface area contributed by atoms with Gasteiger partial charge in [-0.05, 0) is 38.1 Å². The molecule has 0 saturated heterocycles. The molecule has 2 aromatic carbocycles. The van der Waals surface area contributed by atoms with Crippen molar-refractivity contribution in [1.82, 2.24) is 4.57 Å². The number of benzene rings is 2. The first-order chi connectivity index (χ1) is 17.0. The van der Waals surface area contributed by atoms with Gasteiger partial charge in [-0.3, -0.25) is 0 Å². The zero-order valence-electron chi connectivity index (χ0n) is 20.4. The summed E-state index contributed by atoms with van der Waals surface area (Å²) in [7, 11) is 0.523. The Labute approximate surface area is 209 Å². The fourth-order valence-electron chi connectivity index (χ4n) is 5.25. The van der Waals surface area contributed by atoms with Gasteiger partial charge < -0.3 is 9.47 Å². The number of fused-ring (bicyclic) bond motifs is 2. The molecule has 0 spiro atoms. The molecule has 2 aliphatic rings. The standard InChI is InChI=1S/C26H22F6N2O2S/c1-13-20(17-12-15(33(3)4)10-11-18(17)34(13)5)22-23(25(29,30)26(31,32)24(22,27)28)21-14(2)37(35,36)19-9-7-6-8-16(19)21/h6-12H,1-5H3. The van der Waals surface area contributed by atoms with E-state index in [1.165, 1.54) is 36.7 Å². The lowest BCUT2D eigenvalue weighted by Gasteiger charge is -2.26. The van der Waals surface area contributed by atoms with Gasteiger partial charge >= 0.3 is 17.8 Å². The summed E-state index contributed by atoms with van der Waals surface area (Å²) in [5, 5.41) is 0.0688. The van der Waals surface area contributed by atoms with Crippen LogP contribution in [0.5, 0.6) is 0 Å². The monoisotopic (exact) mass is 540 g/mol. The molecule has 0 N–H and O–H groups in total. The van der Waals surface area contributed by atoms with Gasteiger partial charge in [0, 0.05) is 71.3 Å². The third kappa shape index (κ3) is 2.94. The molecule has 0 atom stereocenters. The zero-order chi connectivity index (χ0) is 27.5. The van der Waals surface area contributed by atoms with Crippen molar-refractivity contribution < 1.29 is 34.8 Å². The SMILES string of the molecule is CC1=C(C2=C(c3c(C)n(C)c4ccc(N(C)C)cc34)C(F)(F)C(F)(F)C2(F)F)c2ccccc2S1(=O)=O. The Balaban J connectivity index is 2.02. The van der Waals surface area contributed by atoms with Crippen LogP contribution in [-0.2, 0) is 16.9 Å². The van der Waals surface area contributed by atoms with E-state index in [2.05, 4.69) is 0 Å². The number of rotatable bonds is 3. The van der Waals surface area contributed by atoms with Gasteiger partial charge in [0.05, 0.1) is 9.80 Å². The van der Waals surface area contributed by atoms with Crippen molar-refractivity contribution in [3.8, 4) is 0 Å². The summed E-state index contributed by atoms with van der Waals surface area (Å²) in [5.41, 5.74) is -3.88. The smallest absolute Gasteiger partial charge is 0.378 e. The molecule has 4 nitrogen and oxygen atoms in total. The van der Waals surface area contributed by atoms with Gasteiger partial charge in [-0.2, -0.15) is 26.3 Å². The van der Waals surface area contributed by atoms with E-state index in [-0.39, 0.29) is 16.6 Å². The molecule has 1 aliphatic carbocycles. The Hall–Kier alpha value is -3.21. The van der Waals surface area contributed by atoms with Gasteiger partial charge in [0.15, 0.2) is 0 Å². The Kier molecular flexibility index (Phi) is 5.11. The second kappa shape index (κ2) is 7.43. The van der Waals surface area contributed by atoms with Crippen LogP contribution in [0.25, 0.3) is 22.0 Å². The van der Waals surface area contributed by atoms with E-state index >= 15 is 26.3 Å². The maximum Gasteiger partial charge on any atom is 0.380 e. The van der Waals surface area contributed by atoms with Crippen molar-refractivity contribution in [1.29, 1.82) is 0 Å². The number of hydrogen-bond acceptors (Lipinski definition) is 3. The highest BCUT2D eigenvalue weighted by atomic mass is 32.2. The van der Waals surface area contributed by atoms with E-state index in [0.29, 0.717) is 11.2 Å². The predicted octanol–water partition coefficient (Wildman–Crippen LogP) is 6.44. The van der Waals surface area contributed by atoms with E-state index in [1.807, 2.05) is 0 Å². The molecule has 0 unspecified atom stereocenters. The highest BCUT2D eigenvalue weighted by molar-refractivity contribution is 7.95. The van der Waals surface area contributed by atoms with Crippen LogP contribution >= 0.6 is 0 Å². The molecule has 2 heterocycles. The van der Waals surface area contributed by atoms with Crippen molar-refractivity contribution in [3.63, 3.8) is 0 Å². The maximum absolute atomic E-state index is 15.7. The highest BCUT2D eigenvalue weighted by Gasteiger charge is 2.81. The Morgan fingerprint density at radius 1 is 0.865 bits per heavy atom. The Morgan fingerprint density at radius 2 is 1.46 bits per heavy atom. The van der Waals surface area contributed by atoms with Crippen molar-refractivity contribution in [2.45, 2.75) is 36.5 Å². The number of alkyl halides is 6. The van der Waals surface area contributed by atoms with Gasteiger partial charge in [0.2, 0.25) is 9.84 Å². The minimum Gasteiger partial charge on any atom is -0.378 e. The molecule has 37 heavy (non-hydrogen) atoms. The van der Waals surface area contributed by atoms with Crippen LogP contribution in [-0.4, -0.2) is 44.8 Å². The van der Waals surface area contributed by atoms with Crippen LogP contribution in [0.3, 0.4) is 0 Å². The third-order valence-electron chi connectivity index (χ3n) is 7.36. The molecule has 0 fully saturated rings. The number of aryl methyl sites for hydroxylation is 1. The van der Waals surface area contributed by atoms with Crippen molar-refractivity contribution >= 4 is 37.6 Å². The van der Waals surface area contributed by atoms with Gasteiger partial charge in [0.25, 0.3) is 0 Å². The molecular weight excluding hydrogens is 518 g/mol. The minimum atomic E-state index is -5.81. The number of allylic oxidation sites excluding steroid dienone is 4. The first-order valence-corrected chi connectivity index (χ1v) is 12.7. The number of nitrogens with zero attached hydrogens (tertiary/aromatic N) is 2. The molecule has 0 amide bonds. The van der Waals surface area contributed by atoms with Crippen LogP contribution < -0.4 is 4.90 Å². The lowest BCUT2D eigenvalue weighted by Crippen LogP contribution is -2.49. The van der Waals surface area contributed by atoms with E-state index < -0.39 is 59.7 Å². The van der Waals surface area contributed by atoms with Crippen LogP contribution in [0.1, 0.15) is 23.7 Å². The molecular formula is C26H22F6N2O2S. The number of aromatic nitrogens is 1. The topological polar surface area (TPSA) is 42.3 Å². The fourth-order valence-corrected chi connectivity index (χ4v) is 6.78. The summed E-state index contributed by atoms with van der Waals surface area (Å²) in [4.78, 5) is 0.581. The van der Waals surface area contributed by atoms with E-state index in [0.717, 1.165) is 19.1 Å². The number of hydrogen-bond donors (Lipinski definition) is 0. The van der Waals surface area contributed by atoms with E-state index in [4.69, 9.17) is 0 Å². The summed E-state index contributed by atoms with van der Waals surface area (Å²) >= 11 is 0. The van der Waals surface area contributed by atoms with Gasteiger partial charge in [0.1, 0.15) is 0 Å². The molecule has 0 saturated carbocycles. The summed E-state index contributed by atoms with van der Waals surface area (Å²) in [6.07, 6.45) is 0. The molecule has 1 aromatic heterocycles. The maximum atomic E-state index is 15.7. The third-order valence-corrected chi connectivity index (χ3v) is 9.31. The fraction of sp³-hybridized carbons (Fsp3) is 0.308. The Bertz CT molecular complexity index is 1680. The lowest BCUT2D eigenvalue weighted by molar-refractivity contribution is -0.258. The molecule has 3 aromatic rings. The molecule has 5 rings (SSSR count). The molecule has 196 valence electrons. The van der Waals surface area contributed by atoms with Crippen LogP contribution in [0, 0.1) is 6.92 Å². The van der Waals surface area contributed by atoms with Crippen molar-refractivity contribution in [3.05, 3.63) is 69.8 Å². The minimum absolute atomic E-state index is 0.0546. The van der Waals surface area contributed by atoms with Crippen LogP contribution in [0.4, 0.5) is 32.0 Å². The second-order valence-electron chi connectivity index (χ2n) is 9.52. The number of sulfone groups is 1. The number of anilines is 1. The first kappa shape index (κ1) is 25.4. The second-order valence-corrected chi connectivity index (χ2v) is 11.6. The zero-order valence-corrected chi connectivity index (χ0v) is 21.2. The van der Waals surface area contributed by atoms with Gasteiger partial charge in [-0.15, -0.1) is 0 Å². The number of halogens is 6. The van der Waals surface area contributed by atoms with E-state index in [1.54, 1.807) is 31.1 Å². The first-order valence-electron chi connectivity index (χ1n) is 11.2. The van der Waals surface area contributed by atoms with Crippen molar-refractivity contribution in [2.24, 2.45) is 7.05 Å². The molecule has 0 bridgehead atoms. The molecule has 11 heteroatoms. The van der Waals surface area contributed by atoms with Gasteiger partial charge in [-0.1, -0.05) is 18.2 Å². The van der Waals surface area contributed by atoms with Crippen LogP contribution in [0.2, 0.25) is 0 Å².